The summed E-state index contributed by atoms with van der Waals surface area (Å²) in [6.07, 6.45) is -0.260. The van der Waals surface area contributed by atoms with Gasteiger partial charge in [-0.3, -0.25) is 0 Å². The molecule has 1 aromatic rings. The molecule has 0 fully saturated rings. The summed E-state index contributed by atoms with van der Waals surface area (Å²) in [5, 5.41) is 8.74. The molecule has 1 rings (SSSR count). The van der Waals surface area contributed by atoms with Gasteiger partial charge >= 0.3 is 5.97 Å². The molecule has 17 heavy (non-hydrogen) atoms. The zero-order chi connectivity index (χ0) is 12.5. The molecule has 0 amide bonds. The fourth-order valence-electron chi connectivity index (χ4n) is 1.38. The third kappa shape index (κ3) is 5.47. The van der Waals surface area contributed by atoms with Gasteiger partial charge < -0.3 is 14.6 Å². The summed E-state index contributed by atoms with van der Waals surface area (Å²) in [6.45, 7) is 3.01. The van der Waals surface area contributed by atoms with Crippen LogP contribution in [-0.4, -0.2) is 30.4 Å². The first-order valence-electron chi connectivity index (χ1n) is 5.70. The molecule has 94 valence electrons. The van der Waals surface area contributed by atoms with Crippen LogP contribution in [0.15, 0.2) is 30.3 Å². The molecule has 0 heterocycles. The summed E-state index contributed by atoms with van der Waals surface area (Å²) in [6, 6.07) is 9.81. The first-order chi connectivity index (χ1) is 8.24. The highest BCUT2D eigenvalue weighted by atomic mass is 16.5. The molecule has 0 aliphatic rings. The third-order valence-electron chi connectivity index (χ3n) is 2.30. The van der Waals surface area contributed by atoms with Crippen molar-refractivity contribution in [3.63, 3.8) is 0 Å². The summed E-state index contributed by atoms with van der Waals surface area (Å²) in [5.74, 6) is -0.921. The van der Waals surface area contributed by atoms with Crippen LogP contribution in [0, 0.1) is 0 Å². The van der Waals surface area contributed by atoms with Crippen molar-refractivity contribution in [1.29, 1.82) is 0 Å². The van der Waals surface area contributed by atoms with Crippen LogP contribution in [-0.2, 0) is 20.9 Å². The van der Waals surface area contributed by atoms with E-state index in [9.17, 15) is 4.79 Å². The largest absolute Gasteiger partial charge is 0.479 e. The van der Waals surface area contributed by atoms with Crippen molar-refractivity contribution in [2.45, 2.75) is 26.1 Å². The summed E-state index contributed by atoms with van der Waals surface area (Å²) >= 11 is 0. The van der Waals surface area contributed by atoms with Crippen molar-refractivity contribution in [2.24, 2.45) is 0 Å². The Balaban J connectivity index is 2.10. The van der Waals surface area contributed by atoms with Crippen LogP contribution in [0.3, 0.4) is 0 Å². The highest BCUT2D eigenvalue weighted by molar-refractivity contribution is 5.72. The number of rotatable bonds is 8. The molecule has 0 aliphatic heterocycles. The number of carbonyl (C=O) groups is 1. The second-order valence-corrected chi connectivity index (χ2v) is 3.64. The number of hydrogen-bond donors (Lipinski definition) is 1. The summed E-state index contributed by atoms with van der Waals surface area (Å²) < 4.78 is 10.5. The quantitative estimate of drug-likeness (QED) is 0.704. The predicted octanol–water partition coefficient (Wildman–Crippen LogP) is 2.08. The van der Waals surface area contributed by atoms with Crippen LogP contribution in [0.5, 0.6) is 0 Å². The van der Waals surface area contributed by atoms with E-state index in [0.29, 0.717) is 26.2 Å². The van der Waals surface area contributed by atoms with Crippen molar-refractivity contribution in [1.82, 2.24) is 0 Å². The van der Waals surface area contributed by atoms with Crippen molar-refractivity contribution < 1.29 is 19.4 Å². The molecule has 0 bridgehead atoms. The van der Waals surface area contributed by atoms with Gasteiger partial charge in [0.05, 0.1) is 19.8 Å². The van der Waals surface area contributed by atoms with Crippen LogP contribution >= 0.6 is 0 Å². The van der Waals surface area contributed by atoms with E-state index in [1.165, 1.54) is 0 Å². The van der Waals surface area contributed by atoms with E-state index in [1.54, 1.807) is 6.92 Å². The zero-order valence-corrected chi connectivity index (χ0v) is 9.96. The van der Waals surface area contributed by atoms with Crippen molar-refractivity contribution in [3.8, 4) is 0 Å². The van der Waals surface area contributed by atoms with E-state index in [0.717, 1.165) is 5.56 Å². The Hall–Kier alpha value is -1.39. The minimum atomic E-state index is -0.921. The van der Waals surface area contributed by atoms with Crippen molar-refractivity contribution >= 4 is 5.97 Å². The predicted molar refractivity (Wildman–Crippen MR) is 63.8 cm³/mol. The molecule has 1 atom stereocenters. The minimum Gasteiger partial charge on any atom is -0.479 e. The van der Waals surface area contributed by atoms with Crippen molar-refractivity contribution in [2.75, 3.05) is 13.2 Å². The summed E-state index contributed by atoms with van der Waals surface area (Å²) in [4.78, 5) is 10.6. The fourth-order valence-corrected chi connectivity index (χ4v) is 1.38. The molecule has 0 saturated carbocycles. The van der Waals surface area contributed by atoms with Crippen molar-refractivity contribution in [3.05, 3.63) is 35.9 Å². The Morgan fingerprint density at radius 3 is 2.59 bits per heavy atom. The van der Waals surface area contributed by atoms with Gasteiger partial charge in [-0.1, -0.05) is 37.3 Å². The number of benzene rings is 1. The summed E-state index contributed by atoms with van der Waals surface area (Å²) in [7, 11) is 0. The molecule has 4 heteroatoms. The molecule has 0 saturated heterocycles. The lowest BCUT2D eigenvalue weighted by Gasteiger charge is -2.11. The number of carboxylic acid groups (broad SMARTS) is 1. The smallest absolute Gasteiger partial charge is 0.332 e. The highest BCUT2D eigenvalue weighted by Gasteiger charge is 2.14. The molecule has 4 nitrogen and oxygen atoms in total. The summed E-state index contributed by atoms with van der Waals surface area (Å²) in [5.41, 5.74) is 1.10. The highest BCUT2D eigenvalue weighted by Crippen LogP contribution is 2.01. The average molecular weight is 238 g/mol. The molecule has 0 aromatic heterocycles. The van der Waals surface area contributed by atoms with E-state index < -0.39 is 12.1 Å². The second kappa shape index (κ2) is 7.81. The number of hydrogen-bond acceptors (Lipinski definition) is 3. The Morgan fingerprint density at radius 1 is 1.29 bits per heavy atom. The number of carboxylic acids is 1. The van der Waals surface area contributed by atoms with Crippen LogP contribution in [0.25, 0.3) is 0 Å². The first kappa shape index (κ1) is 13.7. The molecular formula is C13H18O4. The van der Waals surface area contributed by atoms with Crippen LogP contribution in [0.4, 0.5) is 0 Å². The van der Waals surface area contributed by atoms with Gasteiger partial charge in [0.2, 0.25) is 0 Å². The minimum absolute atomic E-state index is 0.303. The monoisotopic (exact) mass is 238 g/mol. The van der Waals surface area contributed by atoms with E-state index in [1.807, 2.05) is 30.3 Å². The lowest BCUT2D eigenvalue weighted by atomic mass is 10.2. The zero-order valence-electron chi connectivity index (χ0n) is 9.96. The number of ether oxygens (including phenoxy) is 2. The maximum absolute atomic E-state index is 10.6. The Kier molecular flexibility index (Phi) is 6.29. The van der Waals surface area contributed by atoms with Crippen LogP contribution < -0.4 is 0 Å². The number of aliphatic carboxylic acids is 1. The van der Waals surface area contributed by atoms with Crippen LogP contribution in [0.2, 0.25) is 0 Å². The lowest BCUT2D eigenvalue weighted by Crippen LogP contribution is -2.24. The Labute approximate surface area is 101 Å². The third-order valence-corrected chi connectivity index (χ3v) is 2.30. The molecular weight excluding hydrogens is 220 g/mol. The molecule has 1 N–H and O–H groups in total. The molecule has 1 aromatic carbocycles. The second-order valence-electron chi connectivity index (χ2n) is 3.64. The van der Waals surface area contributed by atoms with Gasteiger partial charge in [0.1, 0.15) is 0 Å². The molecule has 1 unspecified atom stereocenters. The van der Waals surface area contributed by atoms with E-state index in [2.05, 4.69) is 0 Å². The van der Waals surface area contributed by atoms with Gasteiger partial charge in [-0.05, 0) is 12.0 Å². The molecule has 0 radical (unpaired) electrons. The van der Waals surface area contributed by atoms with Gasteiger partial charge in [-0.15, -0.1) is 0 Å². The standard InChI is InChI=1S/C13H18O4/c1-2-12(13(14)15)17-9-8-16-10-11-6-4-3-5-7-11/h3-7,12H,2,8-10H2,1H3,(H,14,15). The first-order valence-corrected chi connectivity index (χ1v) is 5.70. The topological polar surface area (TPSA) is 55.8 Å². The van der Waals surface area contributed by atoms with Crippen LogP contribution in [0.1, 0.15) is 18.9 Å². The maximum atomic E-state index is 10.6. The van der Waals surface area contributed by atoms with Gasteiger partial charge in [0.25, 0.3) is 0 Å². The molecule has 0 spiro atoms. The van der Waals surface area contributed by atoms with Gasteiger partial charge in [-0.25, -0.2) is 4.79 Å². The molecule has 0 aliphatic carbocycles. The fraction of sp³-hybridized carbons (Fsp3) is 0.462. The van der Waals surface area contributed by atoms with E-state index in [-0.39, 0.29) is 0 Å². The SMILES string of the molecule is CCC(OCCOCc1ccccc1)C(=O)O. The normalized spacial score (nSPS) is 12.3. The maximum Gasteiger partial charge on any atom is 0.332 e. The van der Waals surface area contributed by atoms with Gasteiger partial charge in [0.15, 0.2) is 6.10 Å². The lowest BCUT2D eigenvalue weighted by molar-refractivity contribution is -0.151. The Morgan fingerprint density at radius 2 is 2.00 bits per heavy atom. The van der Waals surface area contributed by atoms with E-state index >= 15 is 0 Å². The van der Waals surface area contributed by atoms with E-state index in [4.69, 9.17) is 14.6 Å². The van der Waals surface area contributed by atoms with Gasteiger partial charge in [-0.2, -0.15) is 0 Å². The Bertz CT molecular complexity index is 323. The van der Waals surface area contributed by atoms with Gasteiger partial charge in [0, 0.05) is 0 Å². The average Bonchev–Trinajstić information content (AvgIpc) is 2.34.